The van der Waals surface area contributed by atoms with Gasteiger partial charge < -0.3 is 10.4 Å². The van der Waals surface area contributed by atoms with Gasteiger partial charge in [0.15, 0.2) is 0 Å². The van der Waals surface area contributed by atoms with Crippen LogP contribution in [0.2, 0.25) is 0 Å². The Hall–Kier alpha value is -0.570. The number of fused-ring (bicyclic) bond motifs is 2. The molecule has 0 aromatic rings. The number of rotatable bonds is 1. The molecule has 1 saturated carbocycles. The van der Waals surface area contributed by atoms with Crippen molar-refractivity contribution in [3.05, 3.63) is 0 Å². The molecule has 3 atom stereocenters. The van der Waals surface area contributed by atoms with E-state index in [2.05, 4.69) is 5.32 Å². The van der Waals surface area contributed by atoms with E-state index in [0.717, 1.165) is 12.8 Å². The number of hydrogen-bond acceptors (Lipinski definition) is 2. The van der Waals surface area contributed by atoms with Crippen LogP contribution in [-0.4, -0.2) is 23.2 Å². The van der Waals surface area contributed by atoms with Crippen LogP contribution in [0.1, 0.15) is 19.3 Å². The van der Waals surface area contributed by atoms with E-state index in [0.29, 0.717) is 12.0 Å². The van der Waals surface area contributed by atoms with Crippen LogP contribution in [0.25, 0.3) is 0 Å². The fourth-order valence-electron chi connectivity index (χ4n) is 2.13. The summed E-state index contributed by atoms with van der Waals surface area (Å²) in [6, 6.07) is 0.268. The standard InChI is InChI=1S/C7H11NO2/c9-7(10)6-4-1-2-5(3-4)8-6/h4-6,8H,1-3H2,(H,9,10)/t4?,5?,6-/m1/s1. The first-order valence-electron chi connectivity index (χ1n) is 3.76. The van der Waals surface area contributed by atoms with E-state index < -0.39 is 5.97 Å². The Balaban J connectivity index is 2.08. The van der Waals surface area contributed by atoms with Crippen molar-refractivity contribution < 1.29 is 9.90 Å². The molecule has 1 aliphatic carbocycles. The van der Waals surface area contributed by atoms with Crippen molar-refractivity contribution in [3.63, 3.8) is 0 Å². The molecule has 2 aliphatic rings. The van der Waals surface area contributed by atoms with Gasteiger partial charge in [0.1, 0.15) is 6.04 Å². The number of carbonyl (C=O) groups is 1. The van der Waals surface area contributed by atoms with Gasteiger partial charge in [-0.3, -0.25) is 4.79 Å². The molecule has 3 heteroatoms. The largest absolute Gasteiger partial charge is 0.480 e. The Labute approximate surface area is 59.4 Å². The number of aliphatic carboxylic acids is 1. The van der Waals surface area contributed by atoms with Gasteiger partial charge in [-0.1, -0.05) is 0 Å². The van der Waals surface area contributed by atoms with Gasteiger partial charge >= 0.3 is 5.97 Å². The van der Waals surface area contributed by atoms with Gasteiger partial charge in [0.05, 0.1) is 0 Å². The third kappa shape index (κ3) is 0.736. The van der Waals surface area contributed by atoms with Crippen LogP contribution in [0.5, 0.6) is 0 Å². The Kier molecular flexibility index (Phi) is 1.20. The van der Waals surface area contributed by atoms with Crippen LogP contribution >= 0.6 is 0 Å². The van der Waals surface area contributed by atoms with Crippen molar-refractivity contribution in [2.75, 3.05) is 0 Å². The minimum absolute atomic E-state index is 0.237. The molecule has 10 heavy (non-hydrogen) atoms. The first-order valence-corrected chi connectivity index (χ1v) is 3.76. The molecule has 1 heterocycles. The van der Waals surface area contributed by atoms with Crippen LogP contribution < -0.4 is 5.32 Å². The highest BCUT2D eigenvalue weighted by molar-refractivity contribution is 5.74. The zero-order valence-electron chi connectivity index (χ0n) is 5.71. The first-order chi connectivity index (χ1) is 4.77. The molecule has 0 radical (unpaired) electrons. The molecule has 2 bridgehead atoms. The summed E-state index contributed by atoms with van der Waals surface area (Å²) in [4.78, 5) is 10.5. The Morgan fingerprint density at radius 3 is 2.60 bits per heavy atom. The van der Waals surface area contributed by atoms with Crippen molar-refractivity contribution in [1.29, 1.82) is 0 Å². The summed E-state index contributed by atoms with van der Waals surface area (Å²) in [6.07, 6.45) is 3.36. The van der Waals surface area contributed by atoms with Crippen molar-refractivity contribution in [2.45, 2.75) is 31.3 Å². The minimum Gasteiger partial charge on any atom is -0.480 e. The number of carboxylic acids is 1. The van der Waals surface area contributed by atoms with E-state index in [9.17, 15) is 4.79 Å². The summed E-state index contributed by atoms with van der Waals surface area (Å²) in [7, 11) is 0. The second-order valence-electron chi connectivity index (χ2n) is 3.25. The average molecular weight is 141 g/mol. The van der Waals surface area contributed by atoms with Gasteiger partial charge in [0.2, 0.25) is 0 Å². The number of piperidine rings is 1. The summed E-state index contributed by atoms with van der Waals surface area (Å²) in [5.74, 6) is -0.255. The third-order valence-electron chi connectivity index (χ3n) is 2.63. The maximum atomic E-state index is 10.5. The highest BCUT2D eigenvalue weighted by Gasteiger charge is 2.42. The highest BCUT2D eigenvalue weighted by Crippen LogP contribution is 2.34. The van der Waals surface area contributed by atoms with E-state index in [1.807, 2.05) is 0 Å². The average Bonchev–Trinajstić information content (AvgIpc) is 2.44. The van der Waals surface area contributed by atoms with Crippen molar-refractivity contribution in [1.82, 2.24) is 5.32 Å². The summed E-state index contributed by atoms with van der Waals surface area (Å²) in [5, 5.41) is 11.8. The third-order valence-corrected chi connectivity index (χ3v) is 2.63. The van der Waals surface area contributed by atoms with Crippen molar-refractivity contribution in [3.8, 4) is 0 Å². The molecule has 0 aromatic heterocycles. The zero-order chi connectivity index (χ0) is 7.14. The SMILES string of the molecule is O=C(O)[C@@H]1NC2CCC1C2. The van der Waals surface area contributed by atoms with Gasteiger partial charge in [-0.05, 0) is 25.2 Å². The van der Waals surface area contributed by atoms with Crippen LogP contribution in [0, 0.1) is 5.92 Å². The molecule has 2 rings (SSSR count). The zero-order valence-corrected chi connectivity index (χ0v) is 5.71. The molecule has 0 amide bonds. The van der Waals surface area contributed by atoms with Gasteiger partial charge in [-0.15, -0.1) is 0 Å². The van der Waals surface area contributed by atoms with Crippen LogP contribution in [0.4, 0.5) is 0 Å². The van der Waals surface area contributed by atoms with Crippen molar-refractivity contribution in [2.24, 2.45) is 5.92 Å². The monoisotopic (exact) mass is 141 g/mol. The van der Waals surface area contributed by atoms with E-state index >= 15 is 0 Å². The molecule has 2 fully saturated rings. The smallest absolute Gasteiger partial charge is 0.320 e. The summed E-state index contributed by atoms with van der Waals surface area (Å²) >= 11 is 0. The Morgan fingerprint density at radius 1 is 1.50 bits per heavy atom. The van der Waals surface area contributed by atoms with Gasteiger partial charge in [0, 0.05) is 6.04 Å². The molecule has 56 valence electrons. The lowest BCUT2D eigenvalue weighted by Crippen LogP contribution is -2.41. The second kappa shape index (κ2) is 1.95. The molecule has 0 spiro atoms. The molecule has 0 aromatic carbocycles. The minimum atomic E-state index is -0.674. The maximum Gasteiger partial charge on any atom is 0.320 e. The van der Waals surface area contributed by atoms with Gasteiger partial charge in [-0.25, -0.2) is 0 Å². The van der Waals surface area contributed by atoms with Gasteiger partial charge in [-0.2, -0.15) is 0 Å². The lowest BCUT2D eigenvalue weighted by molar-refractivity contribution is -0.140. The van der Waals surface area contributed by atoms with Crippen molar-refractivity contribution >= 4 is 5.97 Å². The molecule has 1 aliphatic heterocycles. The molecular weight excluding hydrogens is 130 g/mol. The van der Waals surface area contributed by atoms with E-state index in [4.69, 9.17) is 5.11 Å². The number of hydrogen-bond donors (Lipinski definition) is 2. The molecule has 2 unspecified atom stereocenters. The summed E-state index contributed by atoms with van der Waals surface area (Å²) in [6.45, 7) is 0. The lowest BCUT2D eigenvalue weighted by Gasteiger charge is -2.18. The van der Waals surface area contributed by atoms with E-state index in [1.165, 1.54) is 6.42 Å². The predicted molar refractivity (Wildman–Crippen MR) is 35.7 cm³/mol. The summed E-state index contributed by atoms with van der Waals surface area (Å²) in [5.41, 5.74) is 0. The predicted octanol–water partition coefficient (Wildman–Crippen LogP) is 0.211. The number of nitrogens with one attached hydrogen (secondary N) is 1. The maximum absolute atomic E-state index is 10.5. The van der Waals surface area contributed by atoms with Crippen LogP contribution in [-0.2, 0) is 4.79 Å². The quantitative estimate of drug-likeness (QED) is 0.549. The van der Waals surface area contributed by atoms with E-state index in [-0.39, 0.29) is 6.04 Å². The fourth-order valence-corrected chi connectivity index (χ4v) is 2.13. The Morgan fingerprint density at radius 2 is 2.30 bits per heavy atom. The summed E-state index contributed by atoms with van der Waals surface area (Å²) < 4.78 is 0. The van der Waals surface area contributed by atoms with Crippen LogP contribution in [0.3, 0.4) is 0 Å². The van der Waals surface area contributed by atoms with E-state index in [1.54, 1.807) is 0 Å². The second-order valence-corrected chi connectivity index (χ2v) is 3.25. The molecular formula is C7H11NO2. The fraction of sp³-hybridized carbons (Fsp3) is 0.857. The highest BCUT2D eigenvalue weighted by atomic mass is 16.4. The topological polar surface area (TPSA) is 49.3 Å². The first kappa shape index (κ1) is 6.16. The molecule has 1 saturated heterocycles. The lowest BCUT2D eigenvalue weighted by atomic mass is 10.0. The normalized spacial score (nSPS) is 44.2. The molecule has 3 nitrogen and oxygen atoms in total. The van der Waals surface area contributed by atoms with Crippen LogP contribution in [0.15, 0.2) is 0 Å². The number of carboxylic acid groups (broad SMARTS) is 1. The van der Waals surface area contributed by atoms with Gasteiger partial charge in [0.25, 0.3) is 0 Å². The Bertz CT molecular complexity index is 169. The molecule has 2 N–H and O–H groups in total.